The maximum absolute atomic E-state index is 11.7. The van der Waals surface area contributed by atoms with Crippen molar-refractivity contribution in [2.45, 2.75) is 105 Å². The molecule has 0 bridgehead atoms. The van der Waals surface area contributed by atoms with E-state index in [2.05, 4.69) is 79.2 Å². The van der Waals surface area contributed by atoms with Crippen LogP contribution in [-0.4, -0.2) is 61.0 Å². The van der Waals surface area contributed by atoms with Crippen LogP contribution in [0, 0.1) is 17.3 Å². The Morgan fingerprint density at radius 3 is 1.89 bits per heavy atom. The number of carbonyl (C=O) groups excluding carboxylic acids is 2. The molecule has 36 heavy (non-hydrogen) atoms. The molecule has 0 spiro atoms. The van der Waals surface area contributed by atoms with E-state index in [1.807, 2.05) is 20.8 Å². The second kappa shape index (κ2) is 14.3. The second-order valence-electron chi connectivity index (χ2n) is 12.3. The van der Waals surface area contributed by atoms with E-state index < -0.39 is 11.1 Å². The third-order valence-corrected chi connectivity index (χ3v) is 7.85. The number of rotatable bonds is 18. The molecule has 0 aromatic heterocycles. The summed E-state index contributed by atoms with van der Waals surface area (Å²) in [7, 11) is 0. The second-order valence-corrected chi connectivity index (χ2v) is 12.3. The van der Waals surface area contributed by atoms with Crippen molar-refractivity contribution in [3.8, 4) is 0 Å². The van der Waals surface area contributed by atoms with Gasteiger partial charge in [0.05, 0.1) is 31.0 Å². The van der Waals surface area contributed by atoms with E-state index in [9.17, 15) is 9.59 Å². The lowest BCUT2D eigenvalue weighted by molar-refractivity contribution is -0.143. The summed E-state index contributed by atoms with van der Waals surface area (Å²) in [6.45, 7) is 32.0. The maximum Gasteiger partial charge on any atom is 0.243 e. The number of hydrogen-bond donors (Lipinski definition) is 2. The van der Waals surface area contributed by atoms with Crippen LogP contribution in [0.5, 0.6) is 0 Å². The van der Waals surface area contributed by atoms with Gasteiger partial charge < -0.3 is 24.8 Å². The molecule has 0 rings (SSSR count). The number of nitrogens with one attached hydrogen (secondary N) is 2. The van der Waals surface area contributed by atoms with Gasteiger partial charge >= 0.3 is 0 Å². The van der Waals surface area contributed by atoms with Gasteiger partial charge in [0.15, 0.2) is 0 Å². The first-order valence-corrected chi connectivity index (χ1v) is 13.0. The standard InChI is InChI=1S/C29H54N2O5/c1-14-24(32)30-23(5)20-34-18-21(3)27(8,9)29(12,13)35-17-16-26(6,7)36-19-22(4)28(10,11)31-25(33)15-2/h14-15,21-23H,1-2,16-20H2,3-13H3,(H,30,32)(H,31,33). The third kappa shape index (κ3) is 11.6. The van der Waals surface area contributed by atoms with Gasteiger partial charge in [-0.15, -0.1) is 0 Å². The van der Waals surface area contributed by atoms with Crippen LogP contribution in [0.4, 0.5) is 0 Å². The first-order valence-electron chi connectivity index (χ1n) is 13.0. The SMILES string of the molecule is C=CC(=O)NC(C)COCC(C)C(C)(C)C(C)(C)OCCC(C)(C)OCC(C)C(C)(C)NC(=O)C=C. The zero-order valence-corrected chi connectivity index (χ0v) is 24.9. The predicted molar refractivity (Wildman–Crippen MR) is 148 cm³/mol. The quantitative estimate of drug-likeness (QED) is 0.252. The van der Waals surface area contributed by atoms with Crippen molar-refractivity contribution >= 4 is 11.8 Å². The molecule has 2 N–H and O–H groups in total. The van der Waals surface area contributed by atoms with E-state index in [4.69, 9.17) is 14.2 Å². The van der Waals surface area contributed by atoms with Crippen LogP contribution in [0.15, 0.2) is 25.3 Å². The zero-order valence-electron chi connectivity index (χ0n) is 24.9. The lowest BCUT2D eigenvalue weighted by atomic mass is 9.68. The summed E-state index contributed by atoms with van der Waals surface area (Å²) in [6.07, 6.45) is 3.29. The fraction of sp³-hybridized carbons (Fsp3) is 0.793. The molecule has 7 nitrogen and oxygen atoms in total. The fourth-order valence-corrected chi connectivity index (χ4v) is 3.43. The van der Waals surface area contributed by atoms with Crippen LogP contribution in [0.2, 0.25) is 0 Å². The Labute approximate surface area is 220 Å². The van der Waals surface area contributed by atoms with Crippen molar-refractivity contribution in [3.05, 3.63) is 25.3 Å². The molecule has 0 aliphatic heterocycles. The Kier molecular flexibility index (Phi) is 13.6. The van der Waals surface area contributed by atoms with Crippen molar-refractivity contribution in [1.29, 1.82) is 0 Å². The monoisotopic (exact) mass is 510 g/mol. The van der Waals surface area contributed by atoms with Gasteiger partial charge in [-0.3, -0.25) is 9.59 Å². The third-order valence-electron chi connectivity index (χ3n) is 7.85. The summed E-state index contributed by atoms with van der Waals surface area (Å²) in [5, 5.41) is 5.78. The zero-order chi connectivity index (χ0) is 28.4. The number of ether oxygens (including phenoxy) is 3. The average molecular weight is 511 g/mol. The summed E-state index contributed by atoms with van der Waals surface area (Å²) in [5.41, 5.74) is -1.32. The Hall–Kier alpha value is -1.70. The largest absolute Gasteiger partial charge is 0.379 e. The molecule has 0 radical (unpaired) electrons. The number of hydrogen-bond acceptors (Lipinski definition) is 5. The molecule has 210 valence electrons. The van der Waals surface area contributed by atoms with Gasteiger partial charge in [-0.05, 0) is 78.4 Å². The van der Waals surface area contributed by atoms with E-state index in [0.717, 1.165) is 6.42 Å². The molecule has 0 fully saturated rings. The Bertz CT molecular complexity index is 727. The van der Waals surface area contributed by atoms with Crippen LogP contribution in [-0.2, 0) is 23.8 Å². The Morgan fingerprint density at radius 1 is 0.806 bits per heavy atom. The summed E-state index contributed by atoms with van der Waals surface area (Å²) >= 11 is 0. The van der Waals surface area contributed by atoms with E-state index >= 15 is 0 Å². The van der Waals surface area contributed by atoms with Crippen molar-refractivity contribution < 1.29 is 23.8 Å². The topological polar surface area (TPSA) is 85.9 Å². The summed E-state index contributed by atoms with van der Waals surface area (Å²) in [6, 6.07) is -0.0798. The van der Waals surface area contributed by atoms with E-state index in [0.29, 0.717) is 26.4 Å². The predicted octanol–water partition coefficient (Wildman–Crippen LogP) is 5.05. The molecular formula is C29H54N2O5. The molecule has 0 aliphatic carbocycles. The molecule has 0 heterocycles. The molecule has 0 aromatic carbocycles. The normalized spacial score (nSPS) is 15.5. The van der Waals surface area contributed by atoms with Gasteiger partial charge in [0.25, 0.3) is 0 Å². The molecule has 0 saturated carbocycles. The molecule has 3 atom stereocenters. The average Bonchev–Trinajstić information content (AvgIpc) is 2.76. The molecule has 7 heteroatoms. The fourth-order valence-electron chi connectivity index (χ4n) is 3.43. The van der Waals surface area contributed by atoms with Gasteiger partial charge in [0.2, 0.25) is 11.8 Å². The highest BCUT2D eigenvalue weighted by Gasteiger charge is 2.42. The molecule has 2 amide bonds. The van der Waals surface area contributed by atoms with Crippen LogP contribution >= 0.6 is 0 Å². The van der Waals surface area contributed by atoms with Gasteiger partial charge in [0, 0.05) is 24.1 Å². The van der Waals surface area contributed by atoms with Crippen LogP contribution in [0.1, 0.15) is 82.6 Å². The first kappa shape index (κ1) is 34.3. The van der Waals surface area contributed by atoms with E-state index in [-0.39, 0.29) is 40.7 Å². The van der Waals surface area contributed by atoms with Gasteiger partial charge in [0.1, 0.15) is 0 Å². The lowest BCUT2D eigenvalue weighted by Gasteiger charge is -2.46. The van der Waals surface area contributed by atoms with Crippen LogP contribution < -0.4 is 10.6 Å². The Morgan fingerprint density at radius 2 is 1.36 bits per heavy atom. The molecule has 0 aromatic rings. The smallest absolute Gasteiger partial charge is 0.243 e. The van der Waals surface area contributed by atoms with Gasteiger partial charge in [-0.1, -0.05) is 40.9 Å². The van der Waals surface area contributed by atoms with E-state index in [1.165, 1.54) is 12.2 Å². The van der Waals surface area contributed by atoms with Crippen LogP contribution in [0.3, 0.4) is 0 Å². The molecule has 3 unspecified atom stereocenters. The minimum absolute atomic E-state index is 0.0798. The minimum atomic E-state index is -0.406. The van der Waals surface area contributed by atoms with Crippen molar-refractivity contribution in [2.75, 3.05) is 26.4 Å². The minimum Gasteiger partial charge on any atom is -0.379 e. The maximum atomic E-state index is 11.7. The summed E-state index contributed by atoms with van der Waals surface area (Å²) in [4.78, 5) is 23.1. The molecule has 0 aliphatic rings. The van der Waals surface area contributed by atoms with Gasteiger partial charge in [-0.25, -0.2) is 0 Å². The van der Waals surface area contributed by atoms with Crippen molar-refractivity contribution in [2.24, 2.45) is 17.3 Å². The van der Waals surface area contributed by atoms with Crippen molar-refractivity contribution in [1.82, 2.24) is 10.6 Å². The summed E-state index contributed by atoms with van der Waals surface area (Å²) < 4.78 is 18.6. The lowest BCUT2D eigenvalue weighted by Crippen LogP contribution is -2.50. The highest BCUT2D eigenvalue weighted by atomic mass is 16.5. The molecular weight excluding hydrogens is 456 g/mol. The van der Waals surface area contributed by atoms with Gasteiger partial charge in [-0.2, -0.15) is 0 Å². The highest BCUT2D eigenvalue weighted by Crippen LogP contribution is 2.41. The van der Waals surface area contributed by atoms with Crippen LogP contribution in [0.25, 0.3) is 0 Å². The number of amides is 2. The molecule has 0 saturated heterocycles. The summed E-state index contributed by atoms with van der Waals surface area (Å²) in [5.74, 6) is -0.0324. The Balaban J connectivity index is 4.73. The van der Waals surface area contributed by atoms with E-state index in [1.54, 1.807) is 0 Å². The number of carbonyl (C=O) groups is 2. The highest BCUT2D eigenvalue weighted by molar-refractivity contribution is 5.87. The first-order chi connectivity index (χ1) is 16.3. The van der Waals surface area contributed by atoms with Crippen molar-refractivity contribution in [3.63, 3.8) is 0 Å².